The minimum absolute atomic E-state index is 0.0723. The van der Waals surface area contributed by atoms with Gasteiger partial charge in [0.2, 0.25) is 5.91 Å². The van der Waals surface area contributed by atoms with Crippen LogP contribution in [0.1, 0.15) is 0 Å². The van der Waals surface area contributed by atoms with Crippen LogP contribution in [0.15, 0.2) is 84.0 Å². The molecule has 168 valence electrons. The fraction of sp³-hybridized carbons (Fsp3) is 0.0870. The first-order valence-corrected chi connectivity index (χ1v) is 10.7. The molecule has 0 aliphatic carbocycles. The number of carbonyl (C=O) groups is 1. The van der Waals surface area contributed by atoms with Gasteiger partial charge in [0.25, 0.3) is 0 Å². The van der Waals surface area contributed by atoms with Gasteiger partial charge in [-0.25, -0.2) is 4.39 Å². The van der Waals surface area contributed by atoms with Crippen LogP contribution in [0.3, 0.4) is 0 Å². The molecule has 0 radical (unpaired) electrons. The van der Waals surface area contributed by atoms with Crippen LogP contribution in [0, 0.1) is 5.82 Å². The summed E-state index contributed by atoms with van der Waals surface area (Å²) in [6.45, 7) is -3.01. The number of nitrogens with zero attached hydrogens (tertiary/aromatic N) is 3. The lowest BCUT2D eigenvalue weighted by atomic mass is 10.2. The van der Waals surface area contributed by atoms with Crippen molar-refractivity contribution in [3.63, 3.8) is 0 Å². The summed E-state index contributed by atoms with van der Waals surface area (Å²) in [5.74, 6) is -0.504. The summed E-state index contributed by atoms with van der Waals surface area (Å²) in [6, 6.07) is 21.1. The Hall–Kier alpha value is -3.79. The van der Waals surface area contributed by atoms with E-state index in [0.29, 0.717) is 16.7 Å². The van der Waals surface area contributed by atoms with Crippen LogP contribution in [0.4, 0.5) is 18.9 Å². The highest BCUT2D eigenvalue weighted by Crippen LogP contribution is 2.29. The first-order chi connectivity index (χ1) is 16.0. The average molecular weight is 470 g/mol. The Balaban J connectivity index is 1.56. The number of nitrogens with one attached hydrogen (secondary N) is 1. The Labute approximate surface area is 191 Å². The molecule has 3 aromatic carbocycles. The van der Waals surface area contributed by atoms with Crippen molar-refractivity contribution in [2.75, 3.05) is 11.1 Å². The highest BCUT2D eigenvalue weighted by molar-refractivity contribution is 7.99. The lowest BCUT2D eigenvalue weighted by molar-refractivity contribution is -0.113. The van der Waals surface area contributed by atoms with Crippen molar-refractivity contribution in [3.8, 4) is 22.8 Å². The molecule has 0 saturated heterocycles. The molecular weight excluding hydrogens is 453 g/mol. The zero-order valence-corrected chi connectivity index (χ0v) is 17.8. The normalized spacial score (nSPS) is 10.9. The number of halogens is 3. The van der Waals surface area contributed by atoms with Gasteiger partial charge in [-0.05, 0) is 36.4 Å². The lowest BCUT2D eigenvalue weighted by Gasteiger charge is -2.12. The number of hydrogen-bond acceptors (Lipinski definition) is 5. The molecule has 0 atom stereocenters. The number of aromatic nitrogens is 3. The molecule has 0 spiro atoms. The van der Waals surface area contributed by atoms with Crippen molar-refractivity contribution in [3.05, 3.63) is 84.7 Å². The minimum atomic E-state index is -3.01. The van der Waals surface area contributed by atoms with Crippen LogP contribution in [0.5, 0.6) is 5.75 Å². The summed E-state index contributed by atoms with van der Waals surface area (Å²) in [4.78, 5) is 12.5. The van der Waals surface area contributed by atoms with Gasteiger partial charge in [0, 0.05) is 11.3 Å². The predicted molar refractivity (Wildman–Crippen MR) is 119 cm³/mol. The molecule has 0 aliphatic heterocycles. The number of benzene rings is 3. The zero-order chi connectivity index (χ0) is 23.2. The summed E-state index contributed by atoms with van der Waals surface area (Å²) in [6.07, 6.45) is 0. The lowest BCUT2D eigenvalue weighted by Crippen LogP contribution is -2.16. The predicted octanol–water partition coefficient (Wildman–Crippen LogP) is 5.41. The van der Waals surface area contributed by atoms with E-state index in [1.54, 1.807) is 22.8 Å². The molecule has 1 N–H and O–H groups in total. The molecule has 4 rings (SSSR count). The van der Waals surface area contributed by atoms with Gasteiger partial charge in [0.05, 0.1) is 11.4 Å². The van der Waals surface area contributed by atoms with Gasteiger partial charge < -0.3 is 10.1 Å². The number of thioether (sulfide) groups is 1. The number of anilines is 1. The van der Waals surface area contributed by atoms with Crippen molar-refractivity contribution in [2.45, 2.75) is 11.8 Å². The van der Waals surface area contributed by atoms with Crippen LogP contribution >= 0.6 is 11.8 Å². The molecule has 0 saturated carbocycles. The molecule has 1 amide bonds. The Kier molecular flexibility index (Phi) is 6.94. The van der Waals surface area contributed by atoms with Crippen molar-refractivity contribution in [1.29, 1.82) is 0 Å². The molecule has 0 bridgehead atoms. The number of ether oxygens (including phenoxy) is 1. The number of para-hydroxylation sites is 2. The average Bonchev–Trinajstić information content (AvgIpc) is 3.24. The van der Waals surface area contributed by atoms with Gasteiger partial charge in [-0.15, -0.1) is 10.2 Å². The highest BCUT2D eigenvalue weighted by Gasteiger charge is 2.18. The maximum absolute atomic E-state index is 13.5. The fourth-order valence-corrected chi connectivity index (χ4v) is 3.80. The van der Waals surface area contributed by atoms with Crippen LogP contribution in [0.25, 0.3) is 17.1 Å². The molecule has 1 aromatic heterocycles. The summed E-state index contributed by atoms with van der Waals surface area (Å²) >= 11 is 1.10. The van der Waals surface area contributed by atoms with Gasteiger partial charge in [-0.2, -0.15) is 8.78 Å². The number of rotatable bonds is 8. The Morgan fingerprint density at radius 3 is 2.39 bits per heavy atom. The van der Waals surface area contributed by atoms with E-state index in [9.17, 15) is 18.0 Å². The number of amides is 1. The molecule has 0 fully saturated rings. The molecule has 33 heavy (non-hydrogen) atoms. The van der Waals surface area contributed by atoms with E-state index in [0.717, 1.165) is 17.3 Å². The largest absolute Gasteiger partial charge is 0.433 e. The maximum atomic E-state index is 13.5. The third-order valence-electron chi connectivity index (χ3n) is 4.46. The second-order valence-electron chi connectivity index (χ2n) is 6.70. The van der Waals surface area contributed by atoms with E-state index in [2.05, 4.69) is 20.3 Å². The SMILES string of the molecule is O=C(CSc1nnc(-c2ccccc2)n1-c1ccc(F)cc1)Nc1ccccc1OC(F)F. The number of carbonyl (C=O) groups excluding carboxylic acids is 1. The van der Waals surface area contributed by atoms with E-state index >= 15 is 0 Å². The van der Waals surface area contributed by atoms with E-state index in [-0.39, 0.29) is 23.0 Å². The smallest absolute Gasteiger partial charge is 0.387 e. The van der Waals surface area contributed by atoms with E-state index in [4.69, 9.17) is 0 Å². The summed E-state index contributed by atoms with van der Waals surface area (Å²) in [7, 11) is 0. The highest BCUT2D eigenvalue weighted by atomic mass is 32.2. The van der Waals surface area contributed by atoms with Crippen molar-refractivity contribution in [1.82, 2.24) is 14.8 Å². The molecule has 10 heteroatoms. The Morgan fingerprint density at radius 2 is 1.67 bits per heavy atom. The first-order valence-electron chi connectivity index (χ1n) is 9.74. The van der Waals surface area contributed by atoms with Gasteiger partial charge in [-0.1, -0.05) is 54.2 Å². The van der Waals surface area contributed by atoms with Gasteiger partial charge in [-0.3, -0.25) is 9.36 Å². The standard InChI is InChI=1S/C23H17F3N4O2S/c24-16-10-12-17(13-11-16)30-21(15-6-2-1-3-7-15)28-29-23(30)33-14-20(31)27-18-8-4-5-9-19(18)32-22(25)26/h1-13,22H,14H2,(H,27,31). The third kappa shape index (κ3) is 5.53. The second kappa shape index (κ2) is 10.2. The topological polar surface area (TPSA) is 69.0 Å². The monoisotopic (exact) mass is 470 g/mol. The number of hydrogen-bond donors (Lipinski definition) is 1. The minimum Gasteiger partial charge on any atom is -0.433 e. The molecular formula is C23H17F3N4O2S. The quantitative estimate of drug-likeness (QED) is 0.349. The van der Waals surface area contributed by atoms with Gasteiger partial charge >= 0.3 is 6.61 Å². The van der Waals surface area contributed by atoms with Gasteiger partial charge in [0.1, 0.15) is 11.6 Å². The zero-order valence-electron chi connectivity index (χ0n) is 17.0. The van der Waals surface area contributed by atoms with Crippen molar-refractivity contribution >= 4 is 23.4 Å². The fourth-order valence-electron chi connectivity index (χ4n) is 3.05. The number of alkyl halides is 2. The van der Waals surface area contributed by atoms with E-state index < -0.39 is 12.5 Å². The molecule has 4 aromatic rings. The summed E-state index contributed by atoms with van der Waals surface area (Å²) < 4.78 is 44.8. The summed E-state index contributed by atoms with van der Waals surface area (Å²) in [5, 5.41) is 11.4. The molecule has 6 nitrogen and oxygen atoms in total. The van der Waals surface area contributed by atoms with Crippen molar-refractivity contribution < 1.29 is 22.7 Å². The second-order valence-corrected chi connectivity index (χ2v) is 7.64. The van der Waals surface area contributed by atoms with Gasteiger partial charge in [0.15, 0.2) is 11.0 Å². The van der Waals surface area contributed by atoms with Crippen LogP contribution in [0.2, 0.25) is 0 Å². The molecule has 0 aliphatic rings. The van der Waals surface area contributed by atoms with E-state index in [1.165, 1.54) is 30.3 Å². The molecule has 1 heterocycles. The van der Waals surface area contributed by atoms with Crippen LogP contribution in [-0.4, -0.2) is 33.0 Å². The maximum Gasteiger partial charge on any atom is 0.387 e. The first kappa shape index (κ1) is 22.4. The summed E-state index contributed by atoms with van der Waals surface area (Å²) in [5.41, 5.74) is 1.55. The Morgan fingerprint density at radius 1 is 0.970 bits per heavy atom. The van der Waals surface area contributed by atoms with E-state index in [1.807, 2.05) is 30.3 Å². The van der Waals surface area contributed by atoms with Crippen LogP contribution in [-0.2, 0) is 4.79 Å². The molecule has 0 unspecified atom stereocenters. The van der Waals surface area contributed by atoms with Crippen LogP contribution < -0.4 is 10.1 Å². The Bertz CT molecular complexity index is 1230. The van der Waals surface area contributed by atoms with Crippen molar-refractivity contribution in [2.24, 2.45) is 0 Å². The third-order valence-corrected chi connectivity index (χ3v) is 5.39.